The largest absolute Gasteiger partial charge is 0.505 e. The molecule has 0 aliphatic rings. The summed E-state index contributed by atoms with van der Waals surface area (Å²) in [5.74, 6) is -0.894. The third kappa shape index (κ3) is 1.46. The Morgan fingerprint density at radius 1 is 1.64 bits per heavy atom. The van der Waals surface area contributed by atoms with Gasteiger partial charge in [0, 0.05) is 5.69 Å². The molecule has 4 heteroatoms. The van der Waals surface area contributed by atoms with Gasteiger partial charge in [-0.2, -0.15) is 0 Å². The van der Waals surface area contributed by atoms with Crippen LogP contribution >= 0.6 is 0 Å². The number of aromatic nitrogens is 1. The van der Waals surface area contributed by atoms with Crippen LogP contribution in [0.4, 0.5) is 0 Å². The third-order valence-electron chi connectivity index (χ3n) is 1.25. The maximum absolute atomic E-state index is 10.6. The zero-order valence-corrected chi connectivity index (χ0v) is 6.03. The van der Waals surface area contributed by atoms with Crippen molar-refractivity contribution in [2.45, 2.75) is 6.92 Å². The number of carbonyl (C=O) groups excluding carboxylic acids is 1. The second-order valence-corrected chi connectivity index (χ2v) is 2.18. The summed E-state index contributed by atoms with van der Waals surface area (Å²) in [6, 6.07) is 2.99. The molecule has 0 atom stereocenters. The van der Waals surface area contributed by atoms with Crippen LogP contribution in [0.2, 0.25) is 0 Å². The van der Waals surface area contributed by atoms with Gasteiger partial charge in [0.25, 0.3) is 5.91 Å². The average molecular weight is 152 g/mol. The monoisotopic (exact) mass is 152 g/mol. The summed E-state index contributed by atoms with van der Waals surface area (Å²) >= 11 is 0. The highest BCUT2D eigenvalue weighted by Gasteiger charge is 2.07. The van der Waals surface area contributed by atoms with Gasteiger partial charge in [0.2, 0.25) is 0 Å². The second kappa shape index (κ2) is 2.57. The minimum atomic E-state index is -0.716. The van der Waals surface area contributed by atoms with Crippen LogP contribution in [0.3, 0.4) is 0 Å². The van der Waals surface area contributed by atoms with Crippen molar-refractivity contribution in [1.82, 2.24) is 4.98 Å². The van der Waals surface area contributed by atoms with E-state index in [1.165, 1.54) is 6.07 Å². The molecule has 0 saturated heterocycles. The molecular weight excluding hydrogens is 144 g/mol. The van der Waals surface area contributed by atoms with Gasteiger partial charge >= 0.3 is 0 Å². The minimum absolute atomic E-state index is 0.0787. The van der Waals surface area contributed by atoms with E-state index in [1.807, 2.05) is 0 Å². The van der Waals surface area contributed by atoms with Crippen molar-refractivity contribution in [2.24, 2.45) is 5.73 Å². The second-order valence-electron chi connectivity index (χ2n) is 2.18. The lowest BCUT2D eigenvalue weighted by Crippen LogP contribution is -2.13. The average Bonchev–Trinajstić information content (AvgIpc) is 1.94. The lowest BCUT2D eigenvalue weighted by molar-refractivity contribution is 0.0992. The molecule has 0 spiro atoms. The zero-order chi connectivity index (χ0) is 8.43. The maximum Gasteiger partial charge on any atom is 0.271 e. The Morgan fingerprint density at radius 2 is 2.27 bits per heavy atom. The van der Waals surface area contributed by atoms with Crippen molar-refractivity contribution in [3.05, 3.63) is 23.5 Å². The molecular formula is C7H8N2O2. The van der Waals surface area contributed by atoms with Crippen LogP contribution in [0.1, 0.15) is 16.2 Å². The summed E-state index contributed by atoms with van der Waals surface area (Å²) in [5, 5.41) is 9.04. The van der Waals surface area contributed by atoms with E-state index < -0.39 is 5.91 Å². The molecule has 1 heterocycles. The van der Waals surface area contributed by atoms with Gasteiger partial charge in [-0.3, -0.25) is 4.79 Å². The first-order chi connectivity index (χ1) is 5.11. The molecule has 3 N–H and O–H groups in total. The van der Waals surface area contributed by atoms with Gasteiger partial charge in [-0.15, -0.1) is 0 Å². The lowest BCUT2D eigenvalue weighted by Gasteiger charge is -1.98. The van der Waals surface area contributed by atoms with E-state index >= 15 is 0 Å². The molecule has 11 heavy (non-hydrogen) atoms. The smallest absolute Gasteiger partial charge is 0.271 e. The van der Waals surface area contributed by atoms with Gasteiger partial charge < -0.3 is 10.8 Å². The van der Waals surface area contributed by atoms with Gasteiger partial charge in [0.05, 0.1) is 0 Å². The quantitative estimate of drug-likeness (QED) is 0.603. The molecule has 1 amide bonds. The zero-order valence-electron chi connectivity index (χ0n) is 6.03. The van der Waals surface area contributed by atoms with E-state index in [1.54, 1.807) is 13.0 Å². The summed E-state index contributed by atoms with van der Waals surface area (Å²) in [6.45, 7) is 1.71. The topological polar surface area (TPSA) is 76.2 Å². The van der Waals surface area contributed by atoms with E-state index in [0.29, 0.717) is 5.69 Å². The summed E-state index contributed by atoms with van der Waals surface area (Å²) < 4.78 is 0. The molecule has 58 valence electrons. The summed E-state index contributed by atoms with van der Waals surface area (Å²) in [7, 11) is 0. The highest BCUT2D eigenvalue weighted by atomic mass is 16.3. The Morgan fingerprint density at radius 3 is 2.73 bits per heavy atom. The fourth-order valence-electron chi connectivity index (χ4n) is 0.731. The number of aromatic hydroxyl groups is 1. The van der Waals surface area contributed by atoms with Gasteiger partial charge in [0.1, 0.15) is 5.75 Å². The van der Waals surface area contributed by atoms with Gasteiger partial charge in [-0.1, -0.05) is 0 Å². The van der Waals surface area contributed by atoms with Crippen molar-refractivity contribution in [1.29, 1.82) is 0 Å². The van der Waals surface area contributed by atoms with Crippen molar-refractivity contribution >= 4 is 5.91 Å². The molecule has 0 fully saturated rings. The lowest BCUT2D eigenvalue weighted by atomic mass is 10.3. The van der Waals surface area contributed by atoms with Gasteiger partial charge in [-0.05, 0) is 19.1 Å². The SMILES string of the molecule is Cc1ccc(O)c(C(N)=O)n1. The maximum atomic E-state index is 10.6. The highest BCUT2D eigenvalue weighted by molar-refractivity contribution is 5.93. The van der Waals surface area contributed by atoms with Crippen molar-refractivity contribution in [2.75, 3.05) is 0 Å². The van der Waals surface area contributed by atoms with E-state index in [-0.39, 0.29) is 11.4 Å². The Bertz CT molecular complexity index is 296. The molecule has 0 bridgehead atoms. The third-order valence-corrected chi connectivity index (χ3v) is 1.25. The van der Waals surface area contributed by atoms with Crippen LogP contribution in [0, 0.1) is 6.92 Å². The number of pyridine rings is 1. The fraction of sp³-hybridized carbons (Fsp3) is 0.143. The van der Waals surface area contributed by atoms with Gasteiger partial charge in [-0.25, -0.2) is 4.98 Å². The van der Waals surface area contributed by atoms with Crippen LogP contribution in [-0.2, 0) is 0 Å². The Hall–Kier alpha value is -1.58. The number of carbonyl (C=O) groups is 1. The first-order valence-electron chi connectivity index (χ1n) is 3.07. The van der Waals surface area contributed by atoms with Crippen LogP contribution < -0.4 is 5.73 Å². The number of amides is 1. The highest BCUT2D eigenvalue weighted by Crippen LogP contribution is 2.12. The first kappa shape index (κ1) is 7.53. The van der Waals surface area contributed by atoms with Crippen molar-refractivity contribution < 1.29 is 9.90 Å². The predicted molar refractivity (Wildman–Crippen MR) is 39.2 cm³/mol. The Balaban J connectivity index is 3.23. The molecule has 4 nitrogen and oxygen atoms in total. The molecule has 0 radical (unpaired) electrons. The van der Waals surface area contributed by atoms with E-state index in [2.05, 4.69) is 4.98 Å². The number of rotatable bonds is 1. The molecule has 0 aromatic carbocycles. The van der Waals surface area contributed by atoms with Gasteiger partial charge in [0.15, 0.2) is 5.69 Å². The van der Waals surface area contributed by atoms with Crippen LogP contribution in [-0.4, -0.2) is 16.0 Å². The normalized spacial score (nSPS) is 9.55. The number of nitrogens with zero attached hydrogens (tertiary/aromatic N) is 1. The molecule has 1 aromatic rings. The standard InChI is InChI=1S/C7H8N2O2/c1-4-2-3-5(10)6(9-4)7(8)11/h2-3,10H,1H3,(H2,8,11). The molecule has 0 unspecified atom stereocenters. The van der Waals surface area contributed by atoms with Crippen molar-refractivity contribution in [3.63, 3.8) is 0 Å². The number of hydrogen-bond donors (Lipinski definition) is 2. The Kier molecular flexibility index (Phi) is 1.76. The molecule has 1 aromatic heterocycles. The molecule has 0 saturated carbocycles. The Labute approximate surface area is 63.7 Å². The summed E-state index contributed by atoms with van der Waals surface area (Å²) in [5.41, 5.74) is 5.49. The summed E-state index contributed by atoms with van der Waals surface area (Å²) in [6.07, 6.45) is 0. The number of primary amides is 1. The predicted octanol–water partition coefficient (Wildman–Crippen LogP) is 0.195. The van der Waals surface area contributed by atoms with E-state index in [9.17, 15) is 4.79 Å². The van der Waals surface area contributed by atoms with E-state index in [0.717, 1.165) is 0 Å². The fourth-order valence-corrected chi connectivity index (χ4v) is 0.731. The molecule has 0 aliphatic carbocycles. The van der Waals surface area contributed by atoms with E-state index in [4.69, 9.17) is 10.8 Å². The van der Waals surface area contributed by atoms with Crippen LogP contribution in [0.5, 0.6) is 5.75 Å². The summed E-state index contributed by atoms with van der Waals surface area (Å²) in [4.78, 5) is 14.3. The first-order valence-corrected chi connectivity index (χ1v) is 3.07. The van der Waals surface area contributed by atoms with Crippen LogP contribution in [0.25, 0.3) is 0 Å². The van der Waals surface area contributed by atoms with Crippen LogP contribution in [0.15, 0.2) is 12.1 Å². The number of aryl methyl sites for hydroxylation is 1. The molecule has 1 rings (SSSR count). The number of nitrogens with two attached hydrogens (primary N) is 1. The molecule has 0 aliphatic heterocycles. The number of hydrogen-bond acceptors (Lipinski definition) is 3. The van der Waals surface area contributed by atoms with Crippen molar-refractivity contribution in [3.8, 4) is 5.75 Å². The minimum Gasteiger partial charge on any atom is -0.505 e.